The van der Waals surface area contributed by atoms with E-state index in [1.165, 1.54) is 11.8 Å². The fourth-order valence-corrected chi connectivity index (χ4v) is 1.82. The van der Waals surface area contributed by atoms with Crippen LogP contribution < -0.4 is 11.1 Å². The molecule has 0 aliphatic rings. The highest BCUT2D eigenvalue weighted by atomic mass is 32.2. The molecule has 0 aliphatic heterocycles. The molecule has 2 atom stereocenters. The SMILES string of the molecule is CC=CSCC(NC(=O)CCC(N)C(=O)O)C(=O)O. The maximum atomic E-state index is 11.5. The van der Waals surface area contributed by atoms with Gasteiger partial charge in [0, 0.05) is 12.2 Å². The van der Waals surface area contributed by atoms with Gasteiger partial charge in [-0.2, -0.15) is 0 Å². The second kappa shape index (κ2) is 9.40. The monoisotopic (exact) mass is 290 g/mol. The number of carbonyl (C=O) groups is 3. The zero-order valence-corrected chi connectivity index (χ0v) is 11.4. The minimum atomic E-state index is -1.19. The van der Waals surface area contributed by atoms with Gasteiger partial charge in [-0.3, -0.25) is 9.59 Å². The van der Waals surface area contributed by atoms with Gasteiger partial charge in [0.25, 0.3) is 0 Å². The first-order valence-electron chi connectivity index (χ1n) is 5.61. The number of amides is 1. The highest BCUT2D eigenvalue weighted by molar-refractivity contribution is 8.02. The Bertz CT molecular complexity index is 359. The van der Waals surface area contributed by atoms with Crippen LogP contribution in [-0.2, 0) is 14.4 Å². The molecule has 2 unspecified atom stereocenters. The molecule has 0 aromatic carbocycles. The number of hydrogen-bond donors (Lipinski definition) is 4. The third kappa shape index (κ3) is 8.22. The molecule has 0 bridgehead atoms. The van der Waals surface area contributed by atoms with Crippen LogP contribution in [0.5, 0.6) is 0 Å². The minimum absolute atomic E-state index is 0.0322. The van der Waals surface area contributed by atoms with Gasteiger partial charge in [0.2, 0.25) is 5.91 Å². The van der Waals surface area contributed by atoms with Crippen molar-refractivity contribution < 1.29 is 24.6 Å². The third-order valence-electron chi connectivity index (χ3n) is 2.13. The highest BCUT2D eigenvalue weighted by Gasteiger charge is 2.20. The lowest BCUT2D eigenvalue weighted by atomic mass is 10.1. The first kappa shape index (κ1) is 17.5. The zero-order valence-electron chi connectivity index (χ0n) is 10.5. The topological polar surface area (TPSA) is 130 Å². The summed E-state index contributed by atoms with van der Waals surface area (Å²) in [6.45, 7) is 1.80. The smallest absolute Gasteiger partial charge is 0.327 e. The quantitative estimate of drug-likeness (QED) is 0.470. The van der Waals surface area contributed by atoms with Crippen LogP contribution in [0.25, 0.3) is 0 Å². The lowest BCUT2D eigenvalue weighted by Gasteiger charge is -2.13. The summed E-state index contributed by atoms with van der Waals surface area (Å²) in [5.41, 5.74) is 5.24. The Kier molecular flexibility index (Phi) is 8.64. The number of allylic oxidation sites excluding steroid dienone is 1. The molecule has 0 saturated heterocycles. The summed E-state index contributed by atoms with van der Waals surface area (Å²) >= 11 is 1.27. The van der Waals surface area contributed by atoms with Crippen LogP contribution in [0.15, 0.2) is 11.5 Å². The number of nitrogens with two attached hydrogens (primary N) is 1. The standard InChI is InChI=1S/C11H18N2O5S/c1-2-5-19-6-8(11(17)18)13-9(14)4-3-7(12)10(15)16/h2,5,7-8H,3-4,6,12H2,1H3,(H,13,14)(H,15,16)(H,17,18). The number of rotatable bonds is 9. The second-order valence-corrected chi connectivity index (χ2v) is 4.68. The van der Waals surface area contributed by atoms with E-state index in [-0.39, 0.29) is 18.6 Å². The molecule has 7 nitrogen and oxygen atoms in total. The molecule has 8 heteroatoms. The van der Waals surface area contributed by atoms with Crippen molar-refractivity contribution in [2.45, 2.75) is 31.8 Å². The van der Waals surface area contributed by atoms with Crippen molar-refractivity contribution in [3.05, 3.63) is 11.5 Å². The molecule has 19 heavy (non-hydrogen) atoms. The van der Waals surface area contributed by atoms with Crippen molar-refractivity contribution in [3.63, 3.8) is 0 Å². The van der Waals surface area contributed by atoms with Crippen molar-refractivity contribution in [1.29, 1.82) is 0 Å². The van der Waals surface area contributed by atoms with Crippen molar-refractivity contribution in [2.24, 2.45) is 5.73 Å². The average Bonchev–Trinajstić information content (AvgIpc) is 2.34. The van der Waals surface area contributed by atoms with Gasteiger partial charge in [-0.05, 0) is 18.8 Å². The van der Waals surface area contributed by atoms with Crippen molar-refractivity contribution in [2.75, 3.05) is 5.75 Å². The molecule has 0 heterocycles. The first-order chi connectivity index (χ1) is 8.88. The van der Waals surface area contributed by atoms with Crippen molar-refractivity contribution in [1.82, 2.24) is 5.32 Å². The van der Waals surface area contributed by atoms with Crippen LogP contribution in [0.4, 0.5) is 0 Å². The molecule has 108 valence electrons. The maximum absolute atomic E-state index is 11.5. The minimum Gasteiger partial charge on any atom is -0.480 e. The molecule has 0 saturated carbocycles. The van der Waals surface area contributed by atoms with Gasteiger partial charge in [-0.1, -0.05) is 6.08 Å². The summed E-state index contributed by atoms with van der Waals surface area (Å²) in [6.07, 6.45) is 1.61. The lowest BCUT2D eigenvalue weighted by molar-refractivity contribution is -0.141. The van der Waals surface area contributed by atoms with Crippen molar-refractivity contribution in [3.8, 4) is 0 Å². The molecular weight excluding hydrogens is 272 g/mol. The number of nitrogens with one attached hydrogen (secondary N) is 1. The summed E-state index contributed by atoms with van der Waals surface area (Å²) in [5, 5.41) is 21.5. The second-order valence-electron chi connectivity index (χ2n) is 3.74. The molecule has 0 aromatic heterocycles. The molecule has 0 rings (SSSR count). The number of carboxylic acids is 2. The Hall–Kier alpha value is -1.54. The van der Waals surface area contributed by atoms with Crippen LogP contribution in [0.3, 0.4) is 0 Å². The van der Waals surface area contributed by atoms with Gasteiger partial charge < -0.3 is 21.3 Å². The molecule has 0 fully saturated rings. The molecule has 1 amide bonds. The first-order valence-corrected chi connectivity index (χ1v) is 6.66. The van der Waals surface area contributed by atoms with Crippen LogP contribution in [0.2, 0.25) is 0 Å². The summed E-state index contributed by atoms with van der Waals surface area (Å²) in [4.78, 5) is 32.8. The summed E-state index contributed by atoms with van der Waals surface area (Å²) in [7, 11) is 0. The third-order valence-corrected chi connectivity index (χ3v) is 3.12. The summed E-state index contributed by atoms with van der Waals surface area (Å²) in [6, 6.07) is -2.12. The van der Waals surface area contributed by atoms with E-state index in [9.17, 15) is 14.4 Å². The highest BCUT2D eigenvalue weighted by Crippen LogP contribution is 2.05. The average molecular weight is 290 g/mol. The van der Waals surface area contributed by atoms with Crippen LogP contribution >= 0.6 is 11.8 Å². The Labute approximate surface area is 115 Å². The van der Waals surface area contributed by atoms with Crippen molar-refractivity contribution >= 4 is 29.6 Å². The van der Waals surface area contributed by atoms with E-state index in [2.05, 4.69) is 5.32 Å². The Morgan fingerprint density at radius 2 is 1.95 bits per heavy atom. The van der Waals surface area contributed by atoms with E-state index in [1.807, 2.05) is 0 Å². The lowest BCUT2D eigenvalue weighted by Crippen LogP contribution is -2.43. The largest absolute Gasteiger partial charge is 0.480 e. The summed E-state index contributed by atoms with van der Waals surface area (Å²) < 4.78 is 0. The molecule has 5 N–H and O–H groups in total. The van der Waals surface area contributed by atoms with Gasteiger partial charge in [-0.25, -0.2) is 4.79 Å². The number of carbonyl (C=O) groups excluding carboxylic acids is 1. The molecule has 0 spiro atoms. The van der Waals surface area contributed by atoms with E-state index in [0.717, 1.165) is 0 Å². The van der Waals surface area contributed by atoms with Crippen LogP contribution in [0, 0.1) is 0 Å². The van der Waals surface area contributed by atoms with E-state index in [0.29, 0.717) is 0 Å². The normalized spacial score (nSPS) is 14.0. The molecule has 0 aliphatic carbocycles. The number of hydrogen-bond acceptors (Lipinski definition) is 5. The maximum Gasteiger partial charge on any atom is 0.327 e. The summed E-state index contributed by atoms with van der Waals surface area (Å²) in [5.74, 6) is -2.64. The van der Waals surface area contributed by atoms with Gasteiger partial charge in [-0.15, -0.1) is 11.8 Å². The van der Waals surface area contributed by atoms with Gasteiger partial charge in [0.15, 0.2) is 0 Å². The Morgan fingerprint density at radius 1 is 1.32 bits per heavy atom. The van der Waals surface area contributed by atoms with E-state index >= 15 is 0 Å². The van der Waals surface area contributed by atoms with E-state index in [4.69, 9.17) is 15.9 Å². The molecular formula is C11H18N2O5S. The fraction of sp³-hybridized carbons (Fsp3) is 0.545. The number of carboxylic acid groups (broad SMARTS) is 2. The van der Waals surface area contributed by atoms with Gasteiger partial charge >= 0.3 is 11.9 Å². The van der Waals surface area contributed by atoms with Crippen LogP contribution in [-0.4, -0.2) is 45.9 Å². The zero-order chi connectivity index (χ0) is 14.8. The number of thioether (sulfide) groups is 1. The van der Waals surface area contributed by atoms with Gasteiger partial charge in [0.1, 0.15) is 12.1 Å². The predicted molar refractivity (Wildman–Crippen MR) is 71.7 cm³/mol. The Balaban J connectivity index is 4.17. The Morgan fingerprint density at radius 3 is 2.42 bits per heavy atom. The number of aliphatic carboxylic acids is 2. The van der Waals surface area contributed by atoms with Gasteiger partial charge in [0.05, 0.1) is 0 Å². The molecule has 0 radical (unpaired) electrons. The fourth-order valence-electron chi connectivity index (χ4n) is 1.10. The predicted octanol–water partition coefficient (Wildman–Crippen LogP) is 0.0147. The van der Waals surface area contributed by atoms with Crippen LogP contribution in [0.1, 0.15) is 19.8 Å². The van der Waals surface area contributed by atoms with E-state index < -0.39 is 29.9 Å². The van der Waals surface area contributed by atoms with E-state index in [1.54, 1.807) is 18.4 Å². The molecule has 0 aromatic rings.